The summed E-state index contributed by atoms with van der Waals surface area (Å²) < 4.78 is 26.2. The van der Waals surface area contributed by atoms with Crippen LogP contribution in [0.5, 0.6) is 0 Å². The van der Waals surface area contributed by atoms with Crippen LogP contribution >= 0.6 is 0 Å². The summed E-state index contributed by atoms with van der Waals surface area (Å²) in [6.45, 7) is 4.97. The van der Waals surface area contributed by atoms with Gasteiger partial charge in [0.05, 0.1) is 11.9 Å². The van der Waals surface area contributed by atoms with Gasteiger partial charge in [0, 0.05) is 13.1 Å². The third-order valence-electron chi connectivity index (χ3n) is 5.65. The van der Waals surface area contributed by atoms with Crippen LogP contribution in [0.15, 0.2) is 54.6 Å². The fraction of sp³-hybridized carbons (Fsp3) is 0.435. The smallest absolute Gasteiger partial charge is 0.246 e. The second-order valence-corrected chi connectivity index (χ2v) is 9.89. The van der Waals surface area contributed by atoms with E-state index in [0.717, 1.165) is 31.1 Å². The lowest BCUT2D eigenvalue weighted by Gasteiger charge is -2.36. The predicted molar refractivity (Wildman–Crippen MR) is 117 cm³/mol. The Hall–Kier alpha value is -2.34. The first kappa shape index (κ1) is 21.4. The molecule has 0 unspecified atom stereocenters. The molecule has 1 fully saturated rings. The summed E-state index contributed by atoms with van der Waals surface area (Å²) in [4.78, 5) is 14.9. The molecular formula is C23H30N2O3S. The van der Waals surface area contributed by atoms with Crippen LogP contribution in [0.1, 0.15) is 30.9 Å². The van der Waals surface area contributed by atoms with Gasteiger partial charge in [0.1, 0.15) is 6.04 Å². The van der Waals surface area contributed by atoms with E-state index >= 15 is 0 Å². The second-order valence-electron chi connectivity index (χ2n) is 8.03. The molecule has 0 aromatic heterocycles. The summed E-state index contributed by atoms with van der Waals surface area (Å²) in [5.41, 5.74) is 2.90. The van der Waals surface area contributed by atoms with E-state index in [1.54, 1.807) is 19.1 Å². The molecule has 1 saturated heterocycles. The largest absolute Gasteiger partial charge is 0.341 e. The maximum Gasteiger partial charge on any atom is 0.246 e. The molecule has 0 spiro atoms. The Kier molecular flexibility index (Phi) is 6.63. The van der Waals surface area contributed by atoms with Crippen LogP contribution in [0.3, 0.4) is 0 Å². The van der Waals surface area contributed by atoms with Gasteiger partial charge in [-0.2, -0.15) is 0 Å². The standard InChI is InChI=1S/C23H30N2O3S/c1-18-9-11-22(12-10-18)25(29(3,27)28)19(2)23(26)24-15-13-21(14-16-24)17-20-7-5-4-6-8-20/h4-12,19,21H,13-17H2,1-3H3/t19-/m0/s1. The van der Waals surface area contributed by atoms with E-state index in [4.69, 9.17) is 0 Å². The Balaban J connectivity index is 1.66. The minimum atomic E-state index is -3.58. The lowest BCUT2D eigenvalue weighted by Crippen LogP contribution is -2.51. The Morgan fingerprint density at radius 1 is 1.07 bits per heavy atom. The SMILES string of the molecule is Cc1ccc(N([C@@H](C)C(=O)N2CCC(Cc3ccccc3)CC2)S(C)(=O)=O)cc1. The normalized spacial score (nSPS) is 16.4. The first-order valence-corrected chi connectivity index (χ1v) is 12.0. The van der Waals surface area contributed by atoms with E-state index in [1.165, 1.54) is 9.87 Å². The summed E-state index contributed by atoms with van der Waals surface area (Å²) in [5.74, 6) is 0.425. The lowest BCUT2D eigenvalue weighted by molar-refractivity contribution is -0.133. The molecule has 156 valence electrons. The van der Waals surface area contributed by atoms with Crippen molar-refractivity contribution in [3.63, 3.8) is 0 Å². The van der Waals surface area contributed by atoms with Gasteiger partial charge < -0.3 is 4.90 Å². The molecule has 3 rings (SSSR count). The molecule has 2 aromatic carbocycles. The first-order valence-electron chi connectivity index (χ1n) is 10.1. The molecule has 5 nitrogen and oxygen atoms in total. The molecule has 2 aromatic rings. The van der Waals surface area contributed by atoms with Crippen LogP contribution in [0.2, 0.25) is 0 Å². The van der Waals surface area contributed by atoms with Crippen molar-refractivity contribution in [2.75, 3.05) is 23.7 Å². The lowest BCUT2D eigenvalue weighted by atomic mass is 9.90. The van der Waals surface area contributed by atoms with Gasteiger partial charge in [0.2, 0.25) is 15.9 Å². The van der Waals surface area contributed by atoms with Gasteiger partial charge in [-0.05, 0) is 56.7 Å². The predicted octanol–water partition coefficient (Wildman–Crippen LogP) is 3.63. The number of likely N-dealkylation sites (tertiary alicyclic amines) is 1. The number of rotatable bonds is 6. The molecule has 0 aliphatic carbocycles. The fourth-order valence-electron chi connectivity index (χ4n) is 4.06. The molecule has 6 heteroatoms. The Bertz CT molecular complexity index is 918. The Labute approximate surface area is 174 Å². The molecule has 0 bridgehead atoms. The third kappa shape index (κ3) is 5.38. The highest BCUT2D eigenvalue weighted by atomic mass is 32.2. The second kappa shape index (κ2) is 8.99. The number of nitrogens with zero attached hydrogens (tertiary/aromatic N) is 2. The molecule has 0 radical (unpaired) electrons. The molecule has 29 heavy (non-hydrogen) atoms. The number of aryl methyl sites for hydroxylation is 1. The van der Waals surface area contributed by atoms with Gasteiger partial charge in [0.25, 0.3) is 0 Å². The van der Waals surface area contributed by atoms with Crippen molar-refractivity contribution in [1.29, 1.82) is 0 Å². The van der Waals surface area contributed by atoms with Gasteiger partial charge in [-0.15, -0.1) is 0 Å². The highest BCUT2D eigenvalue weighted by molar-refractivity contribution is 7.92. The van der Waals surface area contributed by atoms with Crippen molar-refractivity contribution in [2.45, 2.75) is 39.2 Å². The molecule has 1 aliphatic heterocycles. The van der Waals surface area contributed by atoms with E-state index in [9.17, 15) is 13.2 Å². The average Bonchev–Trinajstić information content (AvgIpc) is 2.69. The summed E-state index contributed by atoms with van der Waals surface area (Å²) >= 11 is 0. The van der Waals surface area contributed by atoms with Crippen LogP contribution in [0.4, 0.5) is 5.69 Å². The van der Waals surface area contributed by atoms with Crippen LogP contribution < -0.4 is 4.31 Å². The number of hydrogen-bond donors (Lipinski definition) is 0. The van der Waals surface area contributed by atoms with Crippen molar-refractivity contribution in [2.24, 2.45) is 5.92 Å². The zero-order valence-corrected chi connectivity index (χ0v) is 18.2. The quantitative estimate of drug-likeness (QED) is 0.725. The number of sulfonamides is 1. The van der Waals surface area contributed by atoms with Crippen LogP contribution in [-0.4, -0.2) is 44.6 Å². The van der Waals surface area contributed by atoms with Gasteiger partial charge in [-0.25, -0.2) is 8.42 Å². The molecule has 0 N–H and O–H groups in total. The van der Waals surface area contributed by atoms with E-state index < -0.39 is 16.1 Å². The minimum Gasteiger partial charge on any atom is -0.341 e. The zero-order valence-electron chi connectivity index (χ0n) is 17.4. The van der Waals surface area contributed by atoms with Crippen molar-refractivity contribution in [3.05, 3.63) is 65.7 Å². The van der Waals surface area contributed by atoms with Crippen molar-refractivity contribution < 1.29 is 13.2 Å². The number of piperidine rings is 1. The highest BCUT2D eigenvalue weighted by Crippen LogP contribution is 2.25. The van der Waals surface area contributed by atoms with Gasteiger partial charge in [-0.3, -0.25) is 9.10 Å². The average molecular weight is 415 g/mol. The topological polar surface area (TPSA) is 57.7 Å². The Morgan fingerprint density at radius 2 is 1.66 bits per heavy atom. The van der Waals surface area contributed by atoms with E-state index in [0.29, 0.717) is 24.7 Å². The van der Waals surface area contributed by atoms with Crippen molar-refractivity contribution in [1.82, 2.24) is 4.90 Å². The Morgan fingerprint density at radius 3 is 2.21 bits per heavy atom. The first-order chi connectivity index (χ1) is 13.8. The molecule has 0 saturated carbocycles. The van der Waals surface area contributed by atoms with Gasteiger partial charge >= 0.3 is 0 Å². The minimum absolute atomic E-state index is 0.130. The number of carbonyl (C=O) groups excluding carboxylic acids is 1. The van der Waals surface area contributed by atoms with Crippen LogP contribution in [0, 0.1) is 12.8 Å². The van der Waals surface area contributed by atoms with Gasteiger partial charge in [0.15, 0.2) is 0 Å². The van der Waals surface area contributed by atoms with E-state index in [2.05, 4.69) is 24.3 Å². The van der Waals surface area contributed by atoms with Crippen molar-refractivity contribution >= 4 is 21.6 Å². The summed E-state index contributed by atoms with van der Waals surface area (Å²) in [5, 5.41) is 0. The summed E-state index contributed by atoms with van der Waals surface area (Å²) in [6, 6.07) is 16.9. The molecule has 1 heterocycles. The van der Waals surface area contributed by atoms with Crippen LogP contribution in [0.25, 0.3) is 0 Å². The number of anilines is 1. The highest BCUT2D eigenvalue weighted by Gasteiger charge is 2.33. The molecule has 1 aliphatic rings. The number of hydrogen-bond acceptors (Lipinski definition) is 3. The van der Waals surface area contributed by atoms with E-state index in [1.807, 2.05) is 30.0 Å². The zero-order chi connectivity index (χ0) is 21.0. The molecule has 1 amide bonds. The van der Waals surface area contributed by atoms with Crippen molar-refractivity contribution in [3.8, 4) is 0 Å². The number of carbonyl (C=O) groups is 1. The van der Waals surface area contributed by atoms with Crippen LogP contribution in [-0.2, 0) is 21.2 Å². The maximum absolute atomic E-state index is 13.1. The maximum atomic E-state index is 13.1. The molecular weight excluding hydrogens is 384 g/mol. The van der Waals surface area contributed by atoms with E-state index in [-0.39, 0.29) is 5.91 Å². The molecule has 1 atom stereocenters. The third-order valence-corrected chi connectivity index (χ3v) is 6.89. The fourth-order valence-corrected chi connectivity index (χ4v) is 5.23. The summed E-state index contributed by atoms with van der Waals surface area (Å²) in [7, 11) is -3.58. The summed E-state index contributed by atoms with van der Waals surface area (Å²) in [6.07, 6.45) is 4.06. The number of benzene rings is 2. The number of amides is 1. The monoisotopic (exact) mass is 414 g/mol. The van der Waals surface area contributed by atoms with Gasteiger partial charge in [-0.1, -0.05) is 48.0 Å².